The van der Waals surface area contributed by atoms with Gasteiger partial charge < -0.3 is 5.32 Å². The van der Waals surface area contributed by atoms with Gasteiger partial charge in [0.1, 0.15) is 0 Å². The van der Waals surface area contributed by atoms with E-state index in [4.69, 9.17) is 0 Å². The Kier molecular flexibility index (Phi) is 2.68. The number of aromatic amines is 1. The first-order valence-electron chi connectivity index (χ1n) is 4.89. The first-order valence-corrected chi connectivity index (χ1v) is 4.89. The summed E-state index contributed by atoms with van der Waals surface area (Å²) in [4.78, 5) is 22.7. The van der Waals surface area contributed by atoms with Crippen LogP contribution >= 0.6 is 0 Å². The van der Waals surface area contributed by atoms with Crippen molar-refractivity contribution in [3.8, 4) is 0 Å². The molecule has 0 saturated heterocycles. The van der Waals surface area contributed by atoms with Crippen molar-refractivity contribution in [3.05, 3.63) is 40.3 Å². The molecule has 0 atom stereocenters. The smallest absolute Gasteiger partial charge is 0.272 e. The van der Waals surface area contributed by atoms with Crippen molar-refractivity contribution in [1.82, 2.24) is 15.5 Å². The molecular formula is C11H11N3O2. The van der Waals surface area contributed by atoms with Gasteiger partial charge >= 0.3 is 0 Å². The molecular weight excluding hydrogens is 206 g/mol. The zero-order chi connectivity index (χ0) is 11.5. The fraction of sp³-hybridized carbons (Fsp3) is 0.182. The highest BCUT2D eigenvalue weighted by Gasteiger charge is 2.08. The van der Waals surface area contributed by atoms with Crippen LogP contribution in [0.1, 0.15) is 5.69 Å². The van der Waals surface area contributed by atoms with Gasteiger partial charge in [-0.05, 0) is 6.07 Å². The lowest BCUT2D eigenvalue weighted by Gasteiger charge is -2.03. The number of nitrogens with one attached hydrogen (secondary N) is 2. The first kappa shape index (κ1) is 10.4. The normalized spacial score (nSPS) is 10.3. The Labute approximate surface area is 91.5 Å². The van der Waals surface area contributed by atoms with Crippen molar-refractivity contribution in [1.29, 1.82) is 0 Å². The van der Waals surface area contributed by atoms with E-state index in [9.17, 15) is 9.59 Å². The van der Waals surface area contributed by atoms with Crippen molar-refractivity contribution in [2.45, 2.75) is 6.42 Å². The highest BCUT2D eigenvalue weighted by molar-refractivity contribution is 5.88. The number of carbonyl (C=O) groups is 1. The van der Waals surface area contributed by atoms with Crippen molar-refractivity contribution in [3.63, 3.8) is 0 Å². The maximum atomic E-state index is 11.5. The summed E-state index contributed by atoms with van der Waals surface area (Å²) in [6.45, 7) is 0. The number of nitrogens with zero attached hydrogens (tertiary/aromatic N) is 1. The standard InChI is InChI=1S/C11H11N3O2/c1-12-10(15)6-9-7-4-2-3-5-8(7)11(16)14-13-9/h2-5H,6H2,1H3,(H,12,15)(H,14,16). The van der Waals surface area contributed by atoms with E-state index in [2.05, 4.69) is 15.5 Å². The van der Waals surface area contributed by atoms with Crippen LogP contribution in [-0.4, -0.2) is 23.2 Å². The van der Waals surface area contributed by atoms with E-state index >= 15 is 0 Å². The molecule has 1 aromatic heterocycles. The number of H-pyrrole nitrogens is 1. The summed E-state index contributed by atoms with van der Waals surface area (Å²) in [5, 5.41) is 10.1. The fourth-order valence-electron chi connectivity index (χ4n) is 1.55. The summed E-state index contributed by atoms with van der Waals surface area (Å²) < 4.78 is 0. The van der Waals surface area contributed by atoms with E-state index in [0.717, 1.165) is 5.39 Å². The van der Waals surface area contributed by atoms with Gasteiger partial charge in [-0.2, -0.15) is 5.10 Å². The molecule has 82 valence electrons. The molecule has 1 heterocycles. The second-order valence-electron chi connectivity index (χ2n) is 3.39. The van der Waals surface area contributed by atoms with Crippen LogP contribution in [0.2, 0.25) is 0 Å². The molecule has 1 aromatic carbocycles. The van der Waals surface area contributed by atoms with Crippen LogP contribution in [0, 0.1) is 0 Å². The van der Waals surface area contributed by atoms with E-state index in [1.165, 1.54) is 0 Å². The van der Waals surface area contributed by atoms with Crippen LogP contribution < -0.4 is 10.9 Å². The summed E-state index contributed by atoms with van der Waals surface area (Å²) in [5.74, 6) is -0.135. The average molecular weight is 217 g/mol. The molecule has 5 nitrogen and oxygen atoms in total. The number of likely N-dealkylation sites (N-methyl/N-ethyl adjacent to an activating group) is 1. The summed E-state index contributed by atoms with van der Waals surface area (Å²) >= 11 is 0. The maximum absolute atomic E-state index is 11.5. The molecule has 0 aliphatic rings. The fourth-order valence-corrected chi connectivity index (χ4v) is 1.55. The average Bonchev–Trinajstić information content (AvgIpc) is 2.33. The number of hydrogen-bond acceptors (Lipinski definition) is 3. The van der Waals surface area contributed by atoms with E-state index in [1.54, 1.807) is 25.2 Å². The molecule has 5 heteroatoms. The summed E-state index contributed by atoms with van der Waals surface area (Å²) in [5.41, 5.74) is 0.339. The lowest BCUT2D eigenvalue weighted by molar-refractivity contribution is -0.120. The Morgan fingerprint density at radius 1 is 1.38 bits per heavy atom. The minimum absolute atomic E-state index is 0.135. The molecule has 0 spiro atoms. The van der Waals surface area contributed by atoms with Gasteiger partial charge in [-0.3, -0.25) is 9.59 Å². The van der Waals surface area contributed by atoms with Crippen LogP contribution in [0.25, 0.3) is 10.8 Å². The molecule has 0 radical (unpaired) electrons. The lowest BCUT2D eigenvalue weighted by Crippen LogP contribution is -2.22. The van der Waals surface area contributed by atoms with Crippen LogP contribution in [0.3, 0.4) is 0 Å². The molecule has 0 aliphatic carbocycles. The third-order valence-corrected chi connectivity index (χ3v) is 2.38. The highest BCUT2D eigenvalue weighted by atomic mass is 16.1. The molecule has 2 aromatic rings. The number of rotatable bonds is 2. The molecule has 0 saturated carbocycles. The minimum Gasteiger partial charge on any atom is -0.359 e. The number of benzene rings is 1. The van der Waals surface area contributed by atoms with Gasteiger partial charge in [-0.15, -0.1) is 0 Å². The topological polar surface area (TPSA) is 74.8 Å². The van der Waals surface area contributed by atoms with Crippen LogP contribution in [0.5, 0.6) is 0 Å². The van der Waals surface area contributed by atoms with Gasteiger partial charge in [0.15, 0.2) is 0 Å². The predicted molar refractivity (Wildman–Crippen MR) is 60.1 cm³/mol. The Hall–Kier alpha value is -2.17. The van der Waals surface area contributed by atoms with Gasteiger partial charge in [-0.25, -0.2) is 5.10 Å². The van der Waals surface area contributed by atoms with Crippen LogP contribution in [0.4, 0.5) is 0 Å². The van der Waals surface area contributed by atoms with E-state index in [1.807, 2.05) is 6.07 Å². The van der Waals surface area contributed by atoms with Crippen LogP contribution in [-0.2, 0) is 11.2 Å². The molecule has 0 bridgehead atoms. The molecule has 16 heavy (non-hydrogen) atoms. The van der Waals surface area contributed by atoms with Crippen LogP contribution in [0.15, 0.2) is 29.1 Å². The second-order valence-corrected chi connectivity index (χ2v) is 3.39. The number of amides is 1. The van der Waals surface area contributed by atoms with Gasteiger partial charge in [0.2, 0.25) is 5.91 Å². The van der Waals surface area contributed by atoms with Crippen molar-refractivity contribution < 1.29 is 4.79 Å². The summed E-state index contributed by atoms with van der Waals surface area (Å²) in [7, 11) is 1.57. The number of carbonyl (C=O) groups excluding carboxylic acids is 1. The maximum Gasteiger partial charge on any atom is 0.272 e. The minimum atomic E-state index is -0.240. The highest BCUT2D eigenvalue weighted by Crippen LogP contribution is 2.12. The van der Waals surface area contributed by atoms with Crippen molar-refractivity contribution >= 4 is 16.7 Å². The van der Waals surface area contributed by atoms with E-state index < -0.39 is 0 Å². The summed E-state index contributed by atoms with van der Waals surface area (Å²) in [6, 6.07) is 7.09. The van der Waals surface area contributed by atoms with Crippen molar-refractivity contribution in [2.75, 3.05) is 7.05 Å². The Morgan fingerprint density at radius 2 is 2.06 bits per heavy atom. The molecule has 0 fully saturated rings. The van der Waals surface area contributed by atoms with E-state index in [0.29, 0.717) is 11.1 Å². The van der Waals surface area contributed by atoms with E-state index in [-0.39, 0.29) is 17.9 Å². The third-order valence-electron chi connectivity index (χ3n) is 2.38. The van der Waals surface area contributed by atoms with Gasteiger partial charge in [-0.1, -0.05) is 18.2 Å². The Balaban J connectivity index is 2.59. The SMILES string of the molecule is CNC(=O)Cc1n[nH]c(=O)c2ccccc12. The Bertz CT molecular complexity index is 589. The second kappa shape index (κ2) is 4.14. The third kappa shape index (κ3) is 1.79. The monoisotopic (exact) mass is 217 g/mol. The zero-order valence-electron chi connectivity index (χ0n) is 8.78. The molecule has 1 amide bonds. The molecule has 2 N–H and O–H groups in total. The lowest BCUT2D eigenvalue weighted by atomic mass is 10.1. The number of fused-ring (bicyclic) bond motifs is 1. The zero-order valence-corrected chi connectivity index (χ0v) is 8.78. The predicted octanol–water partition coefficient (Wildman–Crippen LogP) is 0.212. The molecule has 2 rings (SSSR count). The Morgan fingerprint density at radius 3 is 2.75 bits per heavy atom. The number of aromatic nitrogens is 2. The van der Waals surface area contributed by atoms with Gasteiger partial charge in [0.25, 0.3) is 5.56 Å². The van der Waals surface area contributed by atoms with Gasteiger partial charge in [0, 0.05) is 12.4 Å². The number of hydrogen-bond donors (Lipinski definition) is 2. The summed E-state index contributed by atoms with van der Waals surface area (Å²) in [6.07, 6.45) is 0.161. The van der Waals surface area contributed by atoms with Gasteiger partial charge in [0.05, 0.1) is 17.5 Å². The first-order chi connectivity index (χ1) is 7.72. The van der Waals surface area contributed by atoms with Crippen molar-refractivity contribution in [2.24, 2.45) is 0 Å². The quantitative estimate of drug-likeness (QED) is 0.755. The largest absolute Gasteiger partial charge is 0.359 e. The molecule has 0 unspecified atom stereocenters. The molecule has 0 aliphatic heterocycles.